The molecule has 3 aromatic rings. The van der Waals surface area contributed by atoms with Crippen molar-refractivity contribution in [1.82, 2.24) is 0 Å². The summed E-state index contributed by atoms with van der Waals surface area (Å²) in [7, 11) is 1.53. The summed E-state index contributed by atoms with van der Waals surface area (Å²) in [6.07, 6.45) is -1.12. The number of nitrogens with two attached hydrogens (primary N) is 1. The first-order valence-electron chi connectivity index (χ1n) is 10.3. The van der Waals surface area contributed by atoms with Crippen molar-refractivity contribution in [2.24, 2.45) is 5.73 Å². The molecule has 2 aromatic carbocycles. The molecule has 0 unspecified atom stereocenters. The number of carbonyl (C=O) groups is 4. The van der Waals surface area contributed by atoms with Crippen molar-refractivity contribution in [3.8, 4) is 11.5 Å². The second-order valence-corrected chi connectivity index (χ2v) is 8.07. The van der Waals surface area contributed by atoms with Crippen LogP contribution < -0.4 is 25.8 Å². The SMILES string of the molecule is COc1cccc(NC(=O)COc2ccc(C(=O)O[C@@H](C)C(=O)Nc3sccc3C(N)=O)cc2)c1. The molecule has 1 aromatic heterocycles. The van der Waals surface area contributed by atoms with Gasteiger partial charge in [-0.2, -0.15) is 0 Å². The minimum atomic E-state index is -1.12. The molecule has 35 heavy (non-hydrogen) atoms. The molecule has 0 aliphatic rings. The molecule has 10 nitrogen and oxygen atoms in total. The van der Waals surface area contributed by atoms with Gasteiger partial charge in [0.1, 0.15) is 16.5 Å². The van der Waals surface area contributed by atoms with Gasteiger partial charge in [0.05, 0.1) is 18.2 Å². The summed E-state index contributed by atoms with van der Waals surface area (Å²) in [6.45, 7) is 1.16. The van der Waals surface area contributed by atoms with Crippen LogP contribution in [0.1, 0.15) is 27.6 Å². The number of rotatable bonds is 10. The van der Waals surface area contributed by atoms with E-state index < -0.39 is 23.9 Å². The zero-order chi connectivity index (χ0) is 25.4. The molecule has 1 atom stereocenters. The van der Waals surface area contributed by atoms with E-state index in [-0.39, 0.29) is 28.6 Å². The number of methoxy groups -OCH3 is 1. The van der Waals surface area contributed by atoms with Crippen LogP contribution in [0.3, 0.4) is 0 Å². The van der Waals surface area contributed by atoms with Crippen molar-refractivity contribution in [3.05, 3.63) is 71.1 Å². The predicted molar refractivity (Wildman–Crippen MR) is 130 cm³/mol. The van der Waals surface area contributed by atoms with E-state index in [1.807, 2.05) is 0 Å². The van der Waals surface area contributed by atoms with Crippen LogP contribution in [0.2, 0.25) is 0 Å². The van der Waals surface area contributed by atoms with E-state index in [1.165, 1.54) is 44.4 Å². The fraction of sp³-hybridized carbons (Fsp3) is 0.167. The Morgan fingerprint density at radius 1 is 1.00 bits per heavy atom. The van der Waals surface area contributed by atoms with Crippen molar-refractivity contribution >= 4 is 45.7 Å². The molecule has 0 bridgehead atoms. The number of nitrogens with one attached hydrogen (secondary N) is 2. The van der Waals surface area contributed by atoms with Gasteiger partial charge in [0, 0.05) is 11.8 Å². The summed E-state index contributed by atoms with van der Waals surface area (Å²) < 4.78 is 15.7. The Morgan fingerprint density at radius 2 is 1.74 bits per heavy atom. The molecule has 0 saturated carbocycles. The highest BCUT2D eigenvalue weighted by Crippen LogP contribution is 2.23. The van der Waals surface area contributed by atoms with Crippen LogP contribution in [0, 0.1) is 0 Å². The zero-order valence-electron chi connectivity index (χ0n) is 18.9. The first-order valence-corrected chi connectivity index (χ1v) is 11.2. The number of carbonyl (C=O) groups excluding carboxylic acids is 4. The lowest BCUT2D eigenvalue weighted by molar-refractivity contribution is -0.123. The maximum atomic E-state index is 12.4. The van der Waals surface area contributed by atoms with E-state index in [1.54, 1.807) is 29.6 Å². The fourth-order valence-electron chi connectivity index (χ4n) is 2.83. The maximum absolute atomic E-state index is 12.4. The van der Waals surface area contributed by atoms with Gasteiger partial charge in [-0.25, -0.2) is 4.79 Å². The Bertz CT molecular complexity index is 1220. The quantitative estimate of drug-likeness (QED) is 0.365. The Morgan fingerprint density at radius 3 is 2.43 bits per heavy atom. The third kappa shape index (κ3) is 7.05. The highest BCUT2D eigenvalue weighted by atomic mass is 32.1. The third-order valence-corrected chi connectivity index (χ3v) is 5.46. The molecule has 11 heteroatoms. The average molecular weight is 498 g/mol. The van der Waals surface area contributed by atoms with Crippen molar-refractivity contribution in [3.63, 3.8) is 0 Å². The molecular weight excluding hydrogens is 474 g/mol. The normalized spacial score (nSPS) is 11.1. The number of esters is 1. The van der Waals surface area contributed by atoms with Crippen molar-refractivity contribution in [1.29, 1.82) is 0 Å². The molecule has 0 aliphatic carbocycles. The van der Waals surface area contributed by atoms with E-state index >= 15 is 0 Å². The first kappa shape index (κ1) is 25.2. The summed E-state index contributed by atoms with van der Waals surface area (Å²) in [5.74, 6) is -1.40. The number of benzene rings is 2. The molecule has 0 saturated heterocycles. The van der Waals surface area contributed by atoms with Crippen LogP contribution in [0.4, 0.5) is 10.7 Å². The zero-order valence-corrected chi connectivity index (χ0v) is 19.7. The van der Waals surface area contributed by atoms with E-state index in [4.69, 9.17) is 19.9 Å². The van der Waals surface area contributed by atoms with Gasteiger partial charge in [0.2, 0.25) is 0 Å². The molecule has 0 aliphatic heterocycles. The second-order valence-electron chi connectivity index (χ2n) is 7.16. The summed E-state index contributed by atoms with van der Waals surface area (Å²) >= 11 is 1.13. The van der Waals surface area contributed by atoms with Crippen LogP contribution in [0.15, 0.2) is 60.0 Å². The first-order chi connectivity index (χ1) is 16.8. The van der Waals surface area contributed by atoms with Crippen molar-refractivity contribution in [2.45, 2.75) is 13.0 Å². The number of anilines is 2. The summed E-state index contributed by atoms with van der Waals surface area (Å²) in [5.41, 5.74) is 6.19. The molecule has 1 heterocycles. The standard InChI is InChI=1S/C24H23N3O7S/c1-14(22(30)27-23-19(21(25)29)10-11-35-23)34-24(31)15-6-8-17(9-7-15)33-13-20(28)26-16-4-3-5-18(12-16)32-2/h3-12,14H,13H2,1-2H3,(H2,25,29)(H,26,28)(H,27,30)/t14-/m0/s1. The van der Waals surface area contributed by atoms with Gasteiger partial charge in [-0.15, -0.1) is 11.3 Å². The van der Waals surface area contributed by atoms with Gasteiger partial charge >= 0.3 is 5.97 Å². The minimum Gasteiger partial charge on any atom is -0.497 e. The largest absolute Gasteiger partial charge is 0.497 e. The van der Waals surface area contributed by atoms with E-state index in [0.717, 1.165) is 11.3 Å². The van der Waals surface area contributed by atoms with E-state index in [0.29, 0.717) is 17.2 Å². The Kier molecular flexibility index (Phi) is 8.41. The maximum Gasteiger partial charge on any atom is 0.338 e. The predicted octanol–water partition coefficient (Wildman–Crippen LogP) is 3.06. The van der Waals surface area contributed by atoms with Gasteiger partial charge in [0.25, 0.3) is 17.7 Å². The second kappa shape index (κ2) is 11.7. The van der Waals surface area contributed by atoms with Gasteiger partial charge in [-0.1, -0.05) is 6.07 Å². The van der Waals surface area contributed by atoms with Gasteiger partial charge in [-0.05, 0) is 54.8 Å². The number of amides is 3. The van der Waals surface area contributed by atoms with Crippen LogP contribution in [-0.2, 0) is 14.3 Å². The Balaban J connectivity index is 1.49. The Labute approximate surface area is 205 Å². The minimum absolute atomic E-state index is 0.176. The summed E-state index contributed by atoms with van der Waals surface area (Å²) in [4.78, 5) is 48.2. The van der Waals surface area contributed by atoms with Crippen LogP contribution in [0.25, 0.3) is 0 Å². The third-order valence-electron chi connectivity index (χ3n) is 4.63. The number of hydrogen-bond acceptors (Lipinski definition) is 8. The van der Waals surface area contributed by atoms with Crippen molar-refractivity contribution < 1.29 is 33.4 Å². The Hall–Kier alpha value is -4.38. The molecule has 0 fully saturated rings. The lowest BCUT2D eigenvalue weighted by Gasteiger charge is -2.13. The number of thiophene rings is 1. The lowest BCUT2D eigenvalue weighted by atomic mass is 10.2. The van der Waals surface area contributed by atoms with Crippen molar-refractivity contribution in [2.75, 3.05) is 24.4 Å². The molecule has 3 rings (SSSR count). The van der Waals surface area contributed by atoms with Gasteiger partial charge in [-0.3, -0.25) is 14.4 Å². The number of ether oxygens (including phenoxy) is 3. The summed E-state index contributed by atoms with van der Waals surface area (Å²) in [6, 6.07) is 14.3. The van der Waals surface area contributed by atoms with E-state index in [9.17, 15) is 19.2 Å². The molecule has 182 valence electrons. The average Bonchev–Trinajstić information content (AvgIpc) is 3.31. The number of hydrogen-bond donors (Lipinski definition) is 3. The highest BCUT2D eigenvalue weighted by molar-refractivity contribution is 7.14. The van der Waals surface area contributed by atoms with Gasteiger partial charge in [0.15, 0.2) is 12.7 Å². The monoisotopic (exact) mass is 497 g/mol. The highest BCUT2D eigenvalue weighted by Gasteiger charge is 2.21. The van der Waals surface area contributed by atoms with Crippen LogP contribution in [0.5, 0.6) is 11.5 Å². The lowest BCUT2D eigenvalue weighted by Crippen LogP contribution is -2.30. The molecular formula is C24H23N3O7S. The molecule has 3 amide bonds. The molecule has 0 radical (unpaired) electrons. The van der Waals surface area contributed by atoms with Crippen LogP contribution >= 0.6 is 11.3 Å². The molecule has 0 spiro atoms. The van der Waals surface area contributed by atoms with E-state index in [2.05, 4.69) is 10.6 Å². The molecule has 4 N–H and O–H groups in total. The van der Waals surface area contributed by atoms with Gasteiger partial charge < -0.3 is 30.6 Å². The fourth-order valence-corrected chi connectivity index (χ4v) is 3.63. The summed E-state index contributed by atoms with van der Waals surface area (Å²) in [5, 5.41) is 7.11. The van der Waals surface area contributed by atoms with Crippen LogP contribution in [-0.4, -0.2) is 43.5 Å². The smallest absolute Gasteiger partial charge is 0.338 e. The number of primary amides is 1. The topological polar surface area (TPSA) is 146 Å².